The molecule has 0 spiro atoms. The number of anilines is 1. The van der Waals surface area contributed by atoms with Crippen molar-refractivity contribution in [1.82, 2.24) is 4.98 Å². The summed E-state index contributed by atoms with van der Waals surface area (Å²) in [7, 11) is 0. The van der Waals surface area contributed by atoms with Crippen molar-refractivity contribution in [1.29, 1.82) is 0 Å². The van der Waals surface area contributed by atoms with Gasteiger partial charge in [-0.3, -0.25) is 0 Å². The molecule has 2 aromatic heterocycles. The normalized spacial score (nSPS) is 13.3. The van der Waals surface area contributed by atoms with Crippen molar-refractivity contribution < 1.29 is 13.2 Å². The summed E-state index contributed by atoms with van der Waals surface area (Å²) in [5, 5.41) is 5.06. The predicted molar refractivity (Wildman–Crippen MR) is 65.6 cm³/mol. The fourth-order valence-corrected chi connectivity index (χ4v) is 2.24. The summed E-state index contributed by atoms with van der Waals surface area (Å²) >= 11 is 1.59. The lowest BCUT2D eigenvalue weighted by molar-refractivity contribution is -0.141. The number of aromatic nitrogens is 1. The van der Waals surface area contributed by atoms with Gasteiger partial charge in [0.05, 0.1) is 17.9 Å². The van der Waals surface area contributed by atoms with Crippen molar-refractivity contribution in [2.24, 2.45) is 0 Å². The van der Waals surface area contributed by atoms with Crippen LogP contribution in [0.1, 0.15) is 23.5 Å². The van der Waals surface area contributed by atoms with Gasteiger partial charge in [0.1, 0.15) is 5.69 Å². The number of nitrogens with zero attached hydrogens (tertiary/aromatic N) is 1. The van der Waals surface area contributed by atoms with Crippen LogP contribution in [0.15, 0.2) is 35.8 Å². The minimum absolute atomic E-state index is 0.0449. The molecule has 2 aromatic rings. The van der Waals surface area contributed by atoms with E-state index < -0.39 is 11.9 Å². The molecule has 2 heterocycles. The topological polar surface area (TPSA) is 24.9 Å². The van der Waals surface area contributed by atoms with Crippen LogP contribution in [0.5, 0.6) is 0 Å². The Morgan fingerprint density at radius 2 is 2.06 bits per heavy atom. The van der Waals surface area contributed by atoms with Gasteiger partial charge in [-0.05, 0) is 30.5 Å². The summed E-state index contributed by atoms with van der Waals surface area (Å²) in [6.45, 7) is 1.95. The van der Waals surface area contributed by atoms with E-state index in [2.05, 4.69) is 10.3 Å². The number of rotatable bonds is 3. The zero-order chi connectivity index (χ0) is 13.2. The van der Waals surface area contributed by atoms with Crippen LogP contribution in [0, 0.1) is 0 Å². The van der Waals surface area contributed by atoms with E-state index in [-0.39, 0.29) is 6.04 Å². The van der Waals surface area contributed by atoms with Crippen molar-refractivity contribution in [3.63, 3.8) is 0 Å². The van der Waals surface area contributed by atoms with Gasteiger partial charge < -0.3 is 5.32 Å². The Hall–Kier alpha value is -1.56. The number of nitrogens with one attached hydrogen (secondary N) is 1. The summed E-state index contributed by atoms with van der Waals surface area (Å²) in [6, 6.07) is 6.32. The highest BCUT2D eigenvalue weighted by atomic mass is 32.1. The molecule has 6 heteroatoms. The third-order valence-corrected chi connectivity index (χ3v) is 3.46. The molecular formula is C12H11F3N2S. The van der Waals surface area contributed by atoms with Gasteiger partial charge in [0.2, 0.25) is 0 Å². The largest absolute Gasteiger partial charge is 0.433 e. The maximum absolute atomic E-state index is 12.3. The summed E-state index contributed by atoms with van der Waals surface area (Å²) in [5.41, 5.74) is -0.305. The molecule has 0 bridgehead atoms. The molecule has 2 rings (SSSR count). The average Bonchev–Trinajstić information content (AvgIpc) is 2.82. The van der Waals surface area contributed by atoms with E-state index in [1.165, 1.54) is 12.3 Å². The summed E-state index contributed by atoms with van der Waals surface area (Å²) in [6.07, 6.45) is -3.19. The van der Waals surface area contributed by atoms with E-state index in [0.717, 1.165) is 10.9 Å². The van der Waals surface area contributed by atoms with Crippen LogP contribution in [-0.4, -0.2) is 4.98 Å². The highest BCUT2D eigenvalue weighted by molar-refractivity contribution is 7.10. The third kappa shape index (κ3) is 3.01. The Morgan fingerprint density at radius 3 is 2.56 bits per heavy atom. The van der Waals surface area contributed by atoms with E-state index >= 15 is 0 Å². The Balaban J connectivity index is 2.07. The minimum atomic E-state index is -4.39. The molecule has 0 saturated carbocycles. The van der Waals surface area contributed by atoms with E-state index in [4.69, 9.17) is 0 Å². The van der Waals surface area contributed by atoms with Crippen molar-refractivity contribution >= 4 is 17.0 Å². The fourth-order valence-electron chi connectivity index (χ4n) is 1.51. The lowest BCUT2D eigenvalue weighted by Crippen LogP contribution is -2.09. The van der Waals surface area contributed by atoms with Gasteiger partial charge in [0.15, 0.2) is 0 Å². The maximum Gasteiger partial charge on any atom is 0.433 e. The number of thiophene rings is 1. The molecule has 1 N–H and O–H groups in total. The maximum atomic E-state index is 12.3. The second kappa shape index (κ2) is 4.97. The van der Waals surface area contributed by atoms with Gasteiger partial charge in [-0.1, -0.05) is 6.07 Å². The van der Waals surface area contributed by atoms with Crippen molar-refractivity contribution in [3.05, 3.63) is 46.4 Å². The first-order chi connectivity index (χ1) is 8.47. The second-order valence-corrected chi connectivity index (χ2v) is 4.79. The molecule has 0 fully saturated rings. The van der Waals surface area contributed by atoms with Crippen molar-refractivity contribution in [3.8, 4) is 0 Å². The first-order valence-corrected chi connectivity index (χ1v) is 6.18. The van der Waals surface area contributed by atoms with Crippen LogP contribution in [0.3, 0.4) is 0 Å². The lowest BCUT2D eigenvalue weighted by Gasteiger charge is -2.14. The molecule has 2 nitrogen and oxygen atoms in total. The summed E-state index contributed by atoms with van der Waals surface area (Å²) < 4.78 is 37.0. The smallest absolute Gasteiger partial charge is 0.376 e. The first kappa shape index (κ1) is 12.9. The van der Waals surface area contributed by atoms with Crippen LogP contribution in [0.25, 0.3) is 0 Å². The van der Waals surface area contributed by atoms with Gasteiger partial charge in [-0.25, -0.2) is 4.98 Å². The van der Waals surface area contributed by atoms with Gasteiger partial charge in [-0.15, -0.1) is 11.3 Å². The van der Waals surface area contributed by atoms with Crippen LogP contribution >= 0.6 is 11.3 Å². The van der Waals surface area contributed by atoms with Crippen LogP contribution < -0.4 is 5.32 Å². The van der Waals surface area contributed by atoms with Crippen molar-refractivity contribution in [2.45, 2.75) is 19.1 Å². The Labute approximate surface area is 106 Å². The molecule has 0 aliphatic heterocycles. The number of hydrogen-bond acceptors (Lipinski definition) is 3. The van der Waals surface area contributed by atoms with Gasteiger partial charge in [0.25, 0.3) is 0 Å². The quantitative estimate of drug-likeness (QED) is 0.899. The zero-order valence-electron chi connectivity index (χ0n) is 9.53. The first-order valence-electron chi connectivity index (χ1n) is 5.30. The Bertz CT molecular complexity index is 491. The second-order valence-electron chi connectivity index (χ2n) is 3.81. The Kier molecular flexibility index (Phi) is 3.56. The van der Waals surface area contributed by atoms with E-state index in [9.17, 15) is 13.2 Å². The number of halogens is 3. The van der Waals surface area contributed by atoms with Crippen LogP contribution in [0.4, 0.5) is 18.9 Å². The fraction of sp³-hybridized carbons (Fsp3) is 0.250. The van der Waals surface area contributed by atoms with E-state index in [0.29, 0.717) is 5.69 Å². The molecule has 1 atom stereocenters. The molecular weight excluding hydrogens is 261 g/mol. The molecule has 0 aliphatic carbocycles. The van der Waals surface area contributed by atoms with E-state index in [1.807, 2.05) is 24.4 Å². The number of hydrogen-bond donors (Lipinski definition) is 1. The predicted octanol–water partition coefficient (Wildman–Crippen LogP) is 4.34. The van der Waals surface area contributed by atoms with Gasteiger partial charge >= 0.3 is 6.18 Å². The molecule has 1 unspecified atom stereocenters. The van der Waals surface area contributed by atoms with Crippen LogP contribution in [-0.2, 0) is 6.18 Å². The highest BCUT2D eigenvalue weighted by Crippen LogP contribution is 2.28. The average molecular weight is 272 g/mol. The molecule has 0 radical (unpaired) electrons. The molecule has 96 valence electrons. The van der Waals surface area contributed by atoms with E-state index in [1.54, 1.807) is 11.3 Å². The van der Waals surface area contributed by atoms with Gasteiger partial charge in [0, 0.05) is 4.88 Å². The Morgan fingerprint density at radius 1 is 1.28 bits per heavy atom. The molecule has 18 heavy (non-hydrogen) atoms. The minimum Gasteiger partial charge on any atom is -0.376 e. The van der Waals surface area contributed by atoms with Crippen molar-refractivity contribution in [2.75, 3.05) is 5.32 Å². The molecule has 0 aliphatic rings. The number of alkyl halides is 3. The lowest BCUT2D eigenvalue weighted by atomic mass is 10.2. The summed E-state index contributed by atoms with van der Waals surface area (Å²) in [4.78, 5) is 4.52. The highest BCUT2D eigenvalue weighted by Gasteiger charge is 2.32. The molecule has 0 aromatic carbocycles. The van der Waals surface area contributed by atoms with Gasteiger partial charge in [-0.2, -0.15) is 13.2 Å². The molecule has 0 saturated heterocycles. The number of pyridine rings is 1. The standard InChI is InChI=1S/C12H11F3N2S/c1-8(10-3-2-6-18-10)17-9-4-5-11(16-7-9)12(13,14)15/h2-8,17H,1H3. The summed E-state index contributed by atoms with van der Waals surface area (Å²) in [5.74, 6) is 0. The monoisotopic (exact) mass is 272 g/mol. The van der Waals surface area contributed by atoms with Crippen LogP contribution in [0.2, 0.25) is 0 Å². The zero-order valence-corrected chi connectivity index (χ0v) is 10.3. The third-order valence-electron chi connectivity index (χ3n) is 2.41. The SMILES string of the molecule is CC(Nc1ccc(C(F)(F)F)nc1)c1cccs1. The molecule has 0 amide bonds.